The fraction of sp³-hybridized carbons (Fsp3) is 0.818. The number of aliphatic hydroxyl groups excluding tert-OH is 1. The molecule has 2 N–H and O–H groups in total. The monoisotopic (exact) mass is 225 g/mol. The average Bonchev–Trinajstić information content (AvgIpc) is 2.76. The molecule has 1 aromatic rings. The lowest BCUT2D eigenvalue weighted by Gasteiger charge is -2.19. The van der Waals surface area contributed by atoms with Crippen molar-refractivity contribution in [2.24, 2.45) is 0 Å². The molecule has 0 radical (unpaired) electrons. The highest BCUT2D eigenvalue weighted by Crippen LogP contribution is 2.20. The van der Waals surface area contributed by atoms with Crippen molar-refractivity contribution in [3.63, 3.8) is 0 Å². The number of aryl methyl sites for hydroxylation is 1. The van der Waals surface area contributed by atoms with Crippen LogP contribution in [0.25, 0.3) is 0 Å². The maximum atomic E-state index is 9.17. The first kappa shape index (κ1) is 11.5. The van der Waals surface area contributed by atoms with Crippen LogP contribution < -0.4 is 5.32 Å². The normalized spacial score (nSPS) is 23.2. The van der Waals surface area contributed by atoms with E-state index in [0.717, 1.165) is 18.8 Å². The van der Waals surface area contributed by atoms with Crippen molar-refractivity contribution in [1.29, 1.82) is 0 Å². The predicted molar refractivity (Wildman–Crippen MR) is 58.9 cm³/mol. The molecule has 1 aliphatic heterocycles. The smallest absolute Gasteiger partial charge is 0.226 e. The van der Waals surface area contributed by atoms with Crippen molar-refractivity contribution in [2.45, 2.75) is 51.2 Å². The molecule has 0 amide bonds. The van der Waals surface area contributed by atoms with Crippen molar-refractivity contribution in [3.05, 3.63) is 11.7 Å². The highest BCUT2D eigenvalue weighted by molar-refractivity contribution is 4.95. The molecular weight excluding hydrogens is 206 g/mol. The average molecular weight is 225 g/mol. The van der Waals surface area contributed by atoms with Crippen LogP contribution in [0.4, 0.5) is 0 Å². The van der Waals surface area contributed by atoms with Crippen molar-refractivity contribution >= 4 is 0 Å². The van der Waals surface area contributed by atoms with Gasteiger partial charge < -0.3 is 14.9 Å². The standard InChI is InChI=1S/C11H19N3O2/c1-8(15)5-6-10-13-11(14-16-10)9-4-2-3-7-12-9/h8-9,12,15H,2-7H2,1H3. The highest BCUT2D eigenvalue weighted by Gasteiger charge is 2.20. The molecular formula is C11H19N3O2. The van der Waals surface area contributed by atoms with E-state index in [1.807, 2.05) is 0 Å². The van der Waals surface area contributed by atoms with E-state index in [4.69, 9.17) is 9.63 Å². The lowest BCUT2D eigenvalue weighted by Crippen LogP contribution is -2.27. The first-order valence-electron chi connectivity index (χ1n) is 5.99. The summed E-state index contributed by atoms with van der Waals surface area (Å²) in [4.78, 5) is 4.35. The molecule has 1 aromatic heterocycles. The molecule has 2 heterocycles. The molecule has 0 aromatic carbocycles. The van der Waals surface area contributed by atoms with Gasteiger partial charge in [0.2, 0.25) is 5.89 Å². The van der Waals surface area contributed by atoms with Gasteiger partial charge in [0.25, 0.3) is 0 Å². The molecule has 1 aliphatic rings. The Morgan fingerprint density at radius 2 is 2.44 bits per heavy atom. The maximum Gasteiger partial charge on any atom is 0.226 e. The second-order valence-electron chi connectivity index (χ2n) is 4.44. The predicted octanol–water partition coefficient (Wildman–Crippen LogP) is 1.20. The summed E-state index contributed by atoms with van der Waals surface area (Å²) >= 11 is 0. The lowest BCUT2D eigenvalue weighted by molar-refractivity contribution is 0.180. The molecule has 1 saturated heterocycles. The first-order valence-corrected chi connectivity index (χ1v) is 5.99. The van der Waals surface area contributed by atoms with Gasteiger partial charge in [0.05, 0.1) is 12.1 Å². The van der Waals surface area contributed by atoms with Crippen LogP contribution in [0.5, 0.6) is 0 Å². The van der Waals surface area contributed by atoms with Gasteiger partial charge in [-0.3, -0.25) is 0 Å². The van der Waals surface area contributed by atoms with E-state index < -0.39 is 0 Å². The number of rotatable bonds is 4. The van der Waals surface area contributed by atoms with Gasteiger partial charge in [-0.25, -0.2) is 0 Å². The van der Waals surface area contributed by atoms with Crippen molar-refractivity contribution in [2.75, 3.05) is 6.54 Å². The van der Waals surface area contributed by atoms with Crippen LogP contribution in [-0.4, -0.2) is 27.9 Å². The maximum absolute atomic E-state index is 9.17. The summed E-state index contributed by atoms with van der Waals surface area (Å²) in [5, 5.41) is 16.5. The van der Waals surface area contributed by atoms with Crippen LogP contribution in [0.15, 0.2) is 4.52 Å². The Morgan fingerprint density at radius 3 is 3.12 bits per heavy atom. The molecule has 5 heteroatoms. The van der Waals surface area contributed by atoms with Gasteiger partial charge in [-0.2, -0.15) is 4.98 Å². The van der Waals surface area contributed by atoms with Gasteiger partial charge in [0, 0.05) is 6.42 Å². The molecule has 16 heavy (non-hydrogen) atoms. The molecule has 0 saturated carbocycles. The molecule has 2 atom stereocenters. The lowest BCUT2D eigenvalue weighted by atomic mass is 10.0. The number of nitrogens with one attached hydrogen (secondary N) is 1. The van der Waals surface area contributed by atoms with Gasteiger partial charge in [-0.05, 0) is 32.7 Å². The number of nitrogens with zero attached hydrogens (tertiary/aromatic N) is 2. The van der Waals surface area contributed by atoms with Crippen LogP contribution >= 0.6 is 0 Å². The quantitative estimate of drug-likeness (QED) is 0.805. The Bertz CT molecular complexity index is 319. The number of hydrogen-bond acceptors (Lipinski definition) is 5. The molecule has 2 rings (SSSR count). The number of hydrogen-bond donors (Lipinski definition) is 2. The Morgan fingerprint density at radius 1 is 1.56 bits per heavy atom. The third kappa shape index (κ3) is 3.02. The number of piperidine rings is 1. The van der Waals surface area contributed by atoms with Gasteiger partial charge in [-0.15, -0.1) is 0 Å². The van der Waals surface area contributed by atoms with E-state index in [1.54, 1.807) is 6.92 Å². The third-order valence-corrected chi connectivity index (χ3v) is 2.88. The first-order chi connectivity index (χ1) is 7.75. The highest BCUT2D eigenvalue weighted by atomic mass is 16.5. The van der Waals surface area contributed by atoms with Crippen LogP contribution in [0.2, 0.25) is 0 Å². The van der Waals surface area contributed by atoms with E-state index in [-0.39, 0.29) is 12.1 Å². The van der Waals surface area contributed by atoms with E-state index in [1.165, 1.54) is 12.8 Å². The van der Waals surface area contributed by atoms with E-state index in [2.05, 4.69) is 15.5 Å². The second kappa shape index (κ2) is 5.41. The Kier molecular flexibility index (Phi) is 3.90. The molecule has 0 bridgehead atoms. The Labute approximate surface area is 95.2 Å². The zero-order valence-corrected chi connectivity index (χ0v) is 9.65. The van der Waals surface area contributed by atoms with Crippen LogP contribution in [-0.2, 0) is 6.42 Å². The Balaban J connectivity index is 1.90. The van der Waals surface area contributed by atoms with Crippen molar-refractivity contribution in [1.82, 2.24) is 15.5 Å². The third-order valence-electron chi connectivity index (χ3n) is 2.88. The topological polar surface area (TPSA) is 71.2 Å². The molecule has 0 spiro atoms. The van der Waals surface area contributed by atoms with Crippen LogP contribution in [0, 0.1) is 0 Å². The fourth-order valence-corrected chi connectivity index (χ4v) is 1.92. The molecule has 2 unspecified atom stereocenters. The minimum atomic E-state index is -0.317. The van der Waals surface area contributed by atoms with Gasteiger partial charge in [0.1, 0.15) is 0 Å². The van der Waals surface area contributed by atoms with Crippen molar-refractivity contribution in [3.8, 4) is 0 Å². The molecule has 5 nitrogen and oxygen atoms in total. The largest absolute Gasteiger partial charge is 0.393 e. The second-order valence-corrected chi connectivity index (χ2v) is 4.44. The molecule has 90 valence electrons. The minimum absolute atomic E-state index is 0.248. The zero-order chi connectivity index (χ0) is 11.4. The minimum Gasteiger partial charge on any atom is -0.393 e. The van der Waals surface area contributed by atoms with E-state index in [9.17, 15) is 0 Å². The number of aromatic nitrogens is 2. The summed E-state index contributed by atoms with van der Waals surface area (Å²) in [5.41, 5.74) is 0. The van der Waals surface area contributed by atoms with E-state index in [0.29, 0.717) is 18.7 Å². The summed E-state index contributed by atoms with van der Waals surface area (Å²) in [5.74, 6) is 1.39. The van der Waals surface area contributed by atoms with Gasteiger partial charge in [-0.1, -0.05) is 11.6 Å². The Hall–Kier alpha value is -0.940. The SMILES string of the molecule is CC(O)CCc1nc(C2CCCCN2)no1. The summed E-state index contributed by atoms with van der Waals surface area (Å²) in [6.07, 6.45) is 4.52. The fourth-order valence-electron chi connectivity index (χ4n) is 1.92. The summed E-state index contributed by atoms with van der Waals surface area (Å²) < 4.78 is 5.16. The zero-order valence-electron chi connectivity index (χ0n) is 9.65. The summed E-state index contributed by atoms with van der Waals surface area (Å²) in [7, 11) is 0. The van der Waals surface area contributed by atoms with Crippen LogP contribution in [0.3, 0.4) is 0 Å². The van der Waals surface area contributed by atoms with Crippen molar-refractivity contribution < 1.29 is 9.63 Å². The molecule has 0 aliphatic carbocycles. The summed E-state index contributed by atoms with van der Waals surface area (Å²) in [6, 6.07) is 0.248. The number of aliphatic hydroxyl groups is 1. The van der Waals surface area contributed by atoms with Crippen LogP contribution in [0.1, 0.15) is 50.4 Å². The molecule has 1 fully saturated rings. The van der Waals surface area contributed by atoms with E-state index >= 15 is 0 Å². The van der Waals surface area contributed by atoms with Gasteiger partial charge >= 0.3 is 0 Å². The van der Waals surface area contributed by atoms with Gasteiger partial charge in [0.15, 0.2) is 5.82 Å². The summed E-state index contributed by atoms with van der Waals surface area (Å²) in [6.45, 7) is 2.79.